The zero-order valence-corrected chi connectivity index (χ0v) is 5.37. The van der Waals surface area contributed by atoms with E-state index in [1.807, 2.05) is 0 Å². The highest BCUT2D eigenvalue weighted by Crippen LogP contribution is 2.17. The largest absolute Gasteiger partial charge is 0.489 e. The molecule has 1 rings (SSSR count). The summed E-state index contributed by atoms with van der Waals surface area (Å²) in [5.74, 6) is 0.615. The van der Waals surface area contributed by atoms with E-state index in [-0.39, 0.29) is 12.4 Å². The Morgan fingerprint density at radius 3 is 2.50 bits per heavy atom. The number of ether oxygens (including phenoxy) is 1. The van der Waals surface area contributed by atoms with Gasteiger partial charge in [-0.2, -0.15) is 0 Å². The van der Waals surface area contributed by atoms with Gasteiger partial charge in [-0.3, -0.25) is 4.79 Å². The quantitative estimate of drug-likeness (QED) is 0.490. The minimum absolute atomic E-state index is 0.0224. The molecular formula is C5H6O2S. The van der Waals surface area contributed by atoms with Gasteiger partial charge in [-0.15, -0.1) is 12.6 Å². The van der Waals surface area contributed by atoms with Crippen LogP contribution in [-0.2, 0) is 9.53 Å². The molecule has 0 aliphatic carbocycles. The second-order valence-corrected chi connectivity index (χ2v) is 2.06. The topological polar surface area (TPSA) is 26.3 Å². The van der Waals surface area contributed by atoms with Gasteiger partial charge in [0.05, 0.1) is 4.91 Å². The second kappa shape index (κ2) is 1.82. The molecule has 1 aliphatic heterocycles. The summed E-state index contributed by atoms with van der Waals surface area (Å²) in [4.78, 5) is 11.0. The second-order valence-electron chi connectivity index (χ2n) is 1.62. The van der Waals surface area contributed by atoms with Gasteiger partial charge in [-0.1, -0.05) is 0 Å². The van der Waals surface area contributed by atoms with E-state index in [1.54, 1.807) is 6.92 Å². The number of Topliss-reactive ketones (excluding diaryl/α,β-unsaturated/α-hetero) is 1. The van der Waals surface area contributed by atoms with Crippen LogP contribution in [-0.4, -0.2) is 12.4 Å². The molecule has 0 N–H and O–H groups in total. The predicted molar refractivity (Wildman–Crippen MR) is 32.6 cm³/mol. The van der Waals surface area contributed by atoms with Crippen molar-refractivity contribution in [2.24, 2.45) is 0 Å². The molecule has 1 aliphatic rings. The van der Waals surface area contributed by atoms with E-state index in [0.29, 0.717) is 10.7 Å². The lowest BCUT2D eigenvalue weighted by atomic mass is 10.4. The van der Waals surface area contributed by atoms with E-state index in [4.69, 9.17) is 4.74 Å². The summed E-state index contributed by atoms with van der Waals surface area (Å²) < 4.78 is 4.83. The van der Waals surface area contributed by atoms with Gasteiger partial charge in [0.15, 0.2) is 6.61 Å². The van der Waals surface area contributed by atoms with Crippen molar-refractivity contribution in [2.75, 3.05) is 6.61 Å². The maximum Gasteiger partial charge on any atom is 0.209 e. The molecule has 2 nitrogen and oxygen atoms in total. The van der Waals surface area contributed by atoms with Gasteiger partial charge in [-0.05, 0) is 6.92 Å². The van der Waals surface area contributed by atoms with E-state index in [1.165, 1.54) is 0 Å². The highest BCUT2D eigenvalue weighted by atomic mass is 32.1. The van der Waals surface area contributed by atoms with Crippen LogP contribution < -0.4 is 0 Å². The third-order valence-electron chi connectivity index (χ3n) is 1.02. The summed E-state index contributed by atoms with van der Waals surface area (Å²) in [5.41, 5.74) is 0. The smallest absolute Gasteiger partial charge is 0.209 e. The average Bonchev–Trinajstić information content (AvgIpc) is 1.98. The number of allylic oxidation sites excluding steroid dienone is 1. The van der Waals surface area contributed by atoms with Crippen LogP contribution in [0.2, 0.25) is 0 Å². The molecule has 0 aromatic rings. The van der Waals surface area contributed by atoms with Crippen LogP contribution in [0.3, 0.4) is 0 Å². The van der Waals surface area contributed by atoms with Crippen LogP contribution >= 0.6 is 12.6 Å². The molecule has 8 heavy (non-hydrogen) atoms. The van der Waals surface area contributed by atoms with Gasteiger partial charge in [0, 0.05) is 0 Å². The van der Waals surface area contributed by atoms with Crippen molar-refractivity contribution in [1.82, 2.24) is 0 Å². The molecule has 0 bridgehead atoms. The molecule has 0 atom stereocenters. The van der Waals surface area contributed by atoms with Crippen molar-refractivity contribution in [3.63, 3.8) is 0 Å². The lowest BCUT2D eigenvalue weighted by molar-refractivity contribution is -0.116. The van der Waals surface area contributed by atoms with Crippen molar-refractivity contribution in [3.05, 3.63) is 10.7 Å². The number of hydrogen-bond donors (Lipinski definition) is 1. The SMILES string of the molecule is CC1=C(S)C(=O)CO1. The Bertz CT molecular complexity index is 160. The molecule has 0 saturated carbocycles. The first-order valence-corrected chi connectivity index (χ1v) is 2.72. The number of carbonyl (C=O) groups excluding carboxylic acids is 1. The van der Waals surface area contributed by atoms with E-state index in [0.717, 1.165) is 0 Å². The molecule has 0 radical (unpaired) electrons. The third kappa shape index (κ3) is 0.733. The number of rotatable bonds is 0. The Labute approximate surface area is 52.9 Å². The van der Waals surface area contributed by atoms with Gasteiger partial charge in [-0.25, -0.2) is 0 Å². The fraction of sp³-hybridized carbons (Fsp3) is 0.400. The van der Waals surface area contributed by atoms with Crippen molar-refractivity contribution in [2.45, 2.75) is 6.92 Å². The average molecular weight is 130 g/mol. The maximum absolute atomic E-state index is 10.5. The van der Waals surface area contributed by atoms with Crippen molar-refractivity contribution >= 4 is 18.4 Å². The van der Waals surface area contributed by atoms with Gasteiger partial charge >= 0.3 is 0 Å². The molecule has 0 fully saturated rings. The van der Waals surface area contributed by atoms with Crippen LogP contribution in [0.1, 0.15) is 6.92 Å². The van der Waals surface area contributed by atoms with E-state index in [2.05, 4.69) is 12.6 Å². The highest BCUT2D eigenvalue weighted by Gasteiger charge is 2.17. The Kier molecular flexibility index (Phi) is 1.29. The van der Waals surface area contributed by atoms with Crippen molar-refractivity contribution in [3.8, 4) is 0 Å². The van der Waals surface area contributed by atoms with Crippen LogP contribution in [0, 0.1) is 0 Å². The number of carbonyl (C=O) groups is 1. The predicted octanol–water partition coefficient (Wildman–Crippen LogP) is 0.747. The third-order valence-corrected chi connectivity index (χ3v) is 1.58. The Hall–Kier alpha value is -0.440. The first kappa shape index (κ1) is 5.69. The Morgan fingerprint density at radius 1 is 1.75 bits per heavy atom. The zero-order chi connectivity index (χ0) is 6.15. The summed E-state index contributed by atoms with van der Waals surface area (Å²) in [6.07, 6.45) is 0. The van der Waals surface area contributed by atoms with Gasteiger partial charge in [0.1, 0.15) is 5.76 Å². The summed E-state index contributed by atoms with van der Waals surface area (Å²) in [6, 6.07) is 0. The first-order valence-electron chi connectivity index (χ1n) is 2.27. The maximum atomic E-state index is 10.5. The molecule has 0 saturated heterocycles. The van der Waals surface area contributed by atoms with Gasteiger partial charge in [0.2, 0.25) is 5.78 Å². The van der Waals surface area contributed by atoms with Crippen LogP contribution in [0.15, 0.2) is 10.7 Å². The molecule has 0 aromatic carbocycles. The van der Waals surface area contributed by atoms with E-state index < -0.39 is 0 Å². The molecule has 0 unspecified atom stereocenters. The minimum atomic E-state index is -0.0224. The fourth-order valence-electron chi connectivity index (χ4n) is 0.507. The number of hydrogen-bond acceptors (Lipinski definition) is 3. The first-order chi connectivity index (χ1) is 3.72. The normalized spacial score (nSPS) is 19.5. The Balaban J connectivity index is 2.86. The summed E-state index contributed by atoms with van der Waals surface area (Å²) >= 11 is 3.89. The van der Waals surface area contributed by atoms with Crippen LogP contribution in [0.4, 0.5) is 0 Å². The number of thiol groups is 1. The zero-order valence-electron chi connectivity index (χ0n) is 4.47. The van der Waals surface area contributed by atoms with Crippen molar-refractivity contribution in [1.29, 1.82) is 0 Å². The summed E-state index contributed by atoms with van der Waals surface area (Å²) in [7, 11) is 0. The lowest BCUT2D eigenvalue weighted by Crippen LogP contribution is -1.95. The summed E-state index contributed by atoms with van der Waals surface area (Å²) in [5, 5.41) is 0. The van der Waals surface area contributed by atoms with Crippen molar-refractivity contribution < 1.29 is 9.53 Å². The van der Waals surface area contributed by atoms with Gasteiger partial charge in [0.25, 0.3) is 0 Å². The fourth-order valence-corrected chi connectivity index (χ4v) is 0.636. The molecule has 44 valence electrons. The van der Waals surface area contributed by atoms with E-state index >= 15 is 0 Å². The molecule has 0 aromatic heterocycles. The van der Waals surface area contributed by atoms with Gasteiger partial charge < -0.3 is 4.74 Å². The Morgan fingerprint density at radius 2 is 2.38 bits per heavy atom. The molecule has 0 amide bonds. The van der Waals surface area contributed by atoms with Crippen LogP contribution in [0.25, 0.3) is 0 Å². The van der Waals surface area contributed by atoms with E-state index in [9.17, 15) is 4.79 Å². The molecular weight excluding hydrogens is 124 g/mol. The highest BCUT2D eigenvalue weighted by molar-refractivity contribution is 7.85. The molecule has 0 spiro atoms. The molecule has 1 heterocycles. The lowest BCUT2D eigenvalue weighted by Gasteiger charge is -1.88. The monoisotopic (exact) mass is 130 g/mol. The van der Waals surface area contributed by atoms with Crippen LogP contribution in [0.5, 0.6) is 0 Å². The summed E-state index contributed by atoms with van der Waals surface area (Å²) in [6.45, 7) is 1.90. The number of ketones is 1. The minimum Gasteiger partial charge on any atom is -0.489 e. The molecule has 3 heteroatoms. The standard InChI is InChI=1S/C5H6O2S/c1-3-5(8)4(6)2-7-3/h8H,2H2,1H3.